The molecule has 0 aromatic carbocycles. The van der Waals surface area contributed by atoms with Crippen LogP contribution in [0.2, 0.25) is 0 Å². The molecule has 3 aliphatic carbocycles. The van der Waals surface area contributed by atoms with E-state index in [0.29, 0.717) is 0 Å². The highest BCUT2D eigenvalue weighted by atomic mass is 14.3. The molecule has 0 amide bonds. The molecule has 0 saturated heterocycles. The zero-order valence-electron chi connectivity index (χ0n) is 10.9. The van der Waals surface area contributed by atoms with Crippen molar-refractivity contribution in [3.8, 4) is 0 Å². The Labute approximate surface area is 106 Å². The van der Waals surface area contributed by atoms with Crippen LogP contribution in [-0.2, 0) is 0 Å². The average Bonchev–Trinajstić information content (AvgIpc) is 3.02. The number of fused-ring (bicyclic) bond motifs is 2. The lowest BCUT2D eigenvalue weighted by atomic mass is 9.95. The molecule has 0 N–H and O–H groups in total. The minimum Gasteiger partial charge on any atom is -0.103 e. The van der Waals surface area contributed by atoms with Gasteiger partial charge in [-0.3, -0.25) is 0 Å². The van der Waals surface area contributed by atoms with Gasteiger partial charge in [-0.2, -0.15) is 0 Å². The lowest BCUT2D eigenvalue weighted by molar-refractivity contribution is 0.585. The van der Waals surface area contributed by atoms with E-state index in [0.717, 1.165) is 17.8 Å². The molecule has 0 aromatic rings. The van der Waals surface area contributed by atoms with E-state index in [1.54, 1.807) is 5.57 Å². The highest BCUT2D eigenvalue weighted by Gasteiger charge is 2.29. The van der Waals surface area contributed by atoms with Crippen LogP contribution in [0.3, 0.4) is 0 Å². The van der Waals surface area contributed by atoms with Crippen LogP contribution >= 0.6 is 0 Å². The smallest absolute Gasteiger partial charge is 0.00174 e. The van der Waals surface area contributed by atoms with Crippen LogP contribution in [-0.4, -0.2) is 0 Å². The number of rotatable bonds is 1. The predicted molar refractivity (Wildman–Crippen MR) is 75.8 cm³/mol. The molecule has 17 heavy (non-hydrogen) atoms. The summed E-state index contributed by atoms with van der Waals surface area (Å²) >= 11 is 0. The maximum Gasteiger partial charge on any atom is -0.00174 e. The predicted octanol–water partition coefficient (Wildman–Crippen LogP) is 5.06. The molecule has 0 aromatic heterocycles. The summed E-state index contributed by atoms with van der Waals surface area (Å²) in [6, 6.07) is 0. The van der Waals surface area contributed by atoms with Crippen LogP contribution in [0.25, 0.3) is 0 Å². The first-order valence-electron chi connectivity index (χ1n) is 6.94. The lowest BCUT2D eigenvalue weighted by Gasteiger charge is -2.11. The molecule has 0 nitrogen and oxygen atoms in total. The number of hydrogen-bond donors (Lipinski definition) is 0. The van der Waals surface area contributed by atoms with Crippen molar-refractivity contribution < 1.29 is 0 Å². The summed E-state index contributed by atoms with van der Waals surface area (Å²) in [4.78, 5) is 0. The van der Waals surface area contributed by atoms with E-state index in [4.69, 9.17) is 0 Å². The maximum atomic E-state index is 3.75. The van der Waals surface area contributed by atoms with Gasteiger partial charge in [-0.25, -0.2) is 0 Å². The van der Waals surface area contributed by atoms with Gasteiger partial charge >= 0.3 is 0 Å². The second-order valence-corrected chi connectivity index (χ2v) is 5.34. The van der Waals surface area contributed by atoms with Gasteiger partial charge in [0, 0.05) is 0 Å². The molecule has 1 saturated carbocycles. The topological polar surface area (TPSA) is 0 Å². The van der Waals surface area contributed by atoms with Crippen LogP contribution < -0.4 is 0 Å². The Morgan fingerprint density at radius 2 is 2.18 bits per heavy atom. The van der Waals surface area contributed by atoms with Crippen LogP contribution in [0.1, 0.15) is 39.0 Å². The van der Waals surface area contributed by atoms with Crippen molar-refractivity contribution in [2.45, 2.75) is 39.0 Å². The first-order valence-corrected chi connectivity index (χ1v) is 6.94. The third-order valence-corrected chi connectivity index (χ3v) is 4.16. The van der Waals surface area contributed by atoms with Gasteiger partial charge in [-0.15, -0.1) is 6.58 Å². The second-order valence-electron chi connectivity index (χ2n) is 5.34. The molecule has 3 unspecified atom stereocenters. The van der Waals surface area contributed by atoms with Crippen molar-refractivity contribution in [1.82, 2.24) is 0 Å². The van der Waals surface area contributed by atoms with Crippen LogP contribution in [0.5, 0.6) is 0 Å². The fourth-order valence-corrected chi connectivity index (χ4v) is 3.02. The molecule has 3 atom stereocenters. The van der Waals surface area contributed by atoms with Crippen LogP contribution in [0.4, 0.5) is 0 Å². The molecular formula is C17H24. The maximum absolute atomic E-state index is 3.75. The van der Waals surface area contributed by atoms with Crippen molar-refractivity contribution in [1.29, 1.82) is 0 Å². The Kier molecular flexibility index (Phi) is 4.42. The molecule has 3 rings (SSSR count). The van der Waals surface area contributed by atoms with E-state index in [-0.39, 0.29) is 0 Å². The van der Waals surface area contributed by atoms with Gasteiger partial charge in [-0.1, -0.05) is 42.0 Å². The van der Waals surface area contributed by atoms with Gasteiger partial charge in [0.1, 0.15) is 0 Å². The van der Waals surface area contributed by atoms with E-state index in [1.807, 2.05) is 0 Å². The molecule has 0 aliphatic heterocycles. The highest BCUT2D eigenvalue weighted by molar-refractivity contribution is 5.26. The summed E-state index contributed by atoms with van der Waals surface area (Å²) < 4.78 is 0. The van der Waals surface area contributed by atoms with E-state index in [1.165, 1.54) is 32.1 Å². The van der Waals surface area contributed by atoms with Crippen molar-refractivity contribution in [2.24, 2.45) is 17.8 Å². The van der Waals surface area contributed by atoms with Crippen molar-refractivity contribution >= 4 is 0 Å². The Hall–Kier alpha value is -1.04. The molecule has 0 spiro atoms. The first-order chi connectivity index (χ1) is 8.33. The van der Waals surface area contributed by atoms with Crippen molar-refractivity contribution in [3.05, 3.63) is 48.6 Å². The van der Waals surface area contributed by atoms with Gasteiger partial charge in [0.2, 0.25) is 0 Å². The largest absolute Gasteiger partial charge is 0.103 e. The lowest BCUT2D eigenvalue weighted by Crippen LogP contribution is -1.96. The number of allylic oxidation sites excluding steroid dienone is 7. The van der Waals surface area contributed by atoms with Gasteiger partial charge < -0.3 is 0 Å². The third-order valence-electron chi connectivity index (χ3n) is 4.16. The van der Waals surface area contributed by atoms with E-state index in [2.05, 4.69) is 50.0 Å². The Morgan fingerprint density at radius 1 is 1.29 bits per heavy atom. The fourth-order valence-electron chi connectivity index (χ4n) is 3.02. The van der Waals surface area contributed by atoms with Crippen molar-refractivity contribution in [2.75, 3.05) is 0 Å². The molecule has 2 bridgehead atoms. The SMILES string of the molecule is C/C=C1\CC2C=CC1C2.C=CC1CC=CCC1. The standard InChI is InChI=1S/C9H12.C8H12/c1-2-8-5-7-3-4-9(8)6-7;1-2-8-6-4-3-5-7-8/h2-4,7,9H,5-6H2,1H3;2-4,8H,1,5-7H2/b8-2+;. The monoisotopic (exact) mass is 228 g/mol. The van der Waals surface area contributed by atoms with E-state index < -0.39 is 0 Å². The van der Waals surface area contributed by atoms with E-state index >= 15 is 0 Å². The fraction of sp³-hybridized carbons (Fsp3) is 0.529. The average molecular weight is 228 g/mol. The summed E-state index contributed by atoms with van der Waals surface area (Å²) in [6.07, 6.45) is 20.1. The molecule has 1 fully saturated rings. The van der Waals surface area contributed by atoms with Gasteiger partial charge in [0.15, 0.2) is 0 Å². The second kappa shape index (κ2) is 6.05. The van der Waals surface area contributed by atoms with E-state index in [9.17, 15) is 0 Å². The van der Waals surface area contributed by atoms with Crippen molar-refractivity contribution in [3.63, 3.8) is 0 Å². The third kappa shape index (κ3) is 3.21. The summed E-state index contributed by atoms with van der Waals surface area (Å²) in [5.74, 6) is 2.50. The minimum atomic E-state index is 0.764. The zero-order valence-corrected chi connectivity index (χ0v) is 10.9. The Bertz CT molecular complexity index is 343. The molecule has 0 heteroatoms. The summed E-state index contributed by atoms with van der Waals surface area (Å²) in [5, 5.41) is 0. The Balaban J connectivity index is 0.000000128. The summed E-state index contributed by atoms with van der Waals surface area (Å²) in [7, 11) is 0. The molecule has 3 aliphatic rings. The summed E-state index contributed by atoms with van der Waals surface area (Å²) in [5.41, 5.74) is 1.67. The number of hydrogen-bond acceptors (Lipinski definition) is 0. The molecular weight excluding hydrogens is 204 g/mol. The zero-order chi connectivity index (χ0) is 12.1. The normalized spacial score (nSPS) is 35.8. The molecule has 0 heterocycles. The summed E-state index contributed by atoms with van der Waals surface area (Å²) in [6.45, 7) is 5.91. The quantitative estimate of drug-likeness (QED) is 0.550. The van der Waals surface area contributed by atoms with Gasteiger partial charge in [-0.05, 0) is 56.8 Å². The first kappa shape index (κ1) is 12.4. The van der Waals surface area contributed by atoms with Crippen LogP contribution in [0.15, 0.2) is 48.6 Å². The van der Waals surface area contributed by atoms with Crippen LogP contribution in [0, 0.1) is 17.8 Å². The molecule has 92 valence electrons. The van der Waals surface area contributed by atoms with Gasteiger partial charge in [0.25, 0.3) is 0 Å². The highest BCUT2D eigenvalue weighted by Crippen LogP contribution is 2.42. The molecule has 0 radical (unpaired) electrons. The van der Waals surface area contributed by atoms with Gasteiger partial charge in [0.05, 0.1) is 0 Å². The Morgan fingerprint density at radius 3 is 2.53 bits per heavy atom. The minimum absolute atomic E-state index is 0.764.